The van der Waals surface area contributed by atoms with E-state index in [-0.39, 0.29) is 37.0 Å². The zero-order valence-corrected chi connectivity index (χ0v) is 18.1. The summed E-state index contributed by atoms with van der Waals surface area (Å²) >= 11 is 5.95. The fourth-order valence-corrected chi connectivity index (χ4v) is 4.22. The van der Waals surface area contributed by atoms with Crippen LogP contribution in [0.1, 0.15) is 45.4 Å². The molecule has 168 valence electrons. The lowest BCUT2D eigenvalue weighted by atomic mass is 9.90. The maximum absolute atomic E-state index is 13.2. The molecule has 0 aromatic heterocycles. The van der Waals surface area contributed by atoms with E-state index in [0.717, 1.165) is 6.42 Å². The molecule has 1 unspecified atom stereocenters. The SMILES string of the molecule is CC12CCCN1N(C/C=C/CC/C(F)=C/F)C(=O)C(C(=O)NC1=CC=C(Cl)CC1)=C2O. The highest BCUT2D eigenvalue weighted by Crippen LogP contribution is 2.41. The Hall–Kier alpha value is -2.45. The molecule has 1 fully saturated rings. The average Bonchev–Trinajstić information content (AvgIpc) is 3.14. The Kier molecular flexibility index (Phi) is 7.33. The third-order valence-electron chi connectivity index (χ3n) is 5.80. The first-order valence-corrected chi connectivity index (χ1v) is 10.6. The van der Waals surface area contributed by atoms with Crippen LogP contribution in [0, 0.1) is 0 Å². The number of hydrazine groups is 1. The molecule has 0 aromatic rings. The largest absolute Gasteiger partial charge is 0.509 e. The van der Waals surface area contributed by atoms with E-state index in [9.17, 15) is 23.5 Å². The number of hydrogen-bond acceptors (Lipinski definition) is 4. The van der Waals surface area contributed by atoms with Crippen LogP contribution in [0.2, 0.25) is 0 Å². The molecule has 0 spiro atoms. The summed E-state index contributed by atoms with van der Waals surface area (Å²) in [4.78, 5) is 26.1. The van der Waals surface area contributed by atoms with Gasteiger partial charge in [-0.05, 0) is 51.2 Å². The molecule has 9 heteroatoms. The van der Waals surface area contributed by atoms with Gasteiger partial charge in [-0.15, -0.1) is 0 Å². The third-order valence-corrected chi connectivity index (χ3v) is 6.12. The molecule has 2 aliphatic heterocycles. The van der Waals surface area contributed by atoms with E-state index in [1.807, 2.05) is 0 Å². The van der Waals surface area contributed by atoms with Crippen LogP contribution >= 0.6 is 11.6 Å². The molecule has 2 heterocycles. The lowest BCUT2D eigenvalue weighted by Crippen LogP contribution is -2.61. The third kappa shape index (κ3) is 4.91. The molecular formula is C22H26ClF2N3O3. The number of amides is 2. The number of allylic oxidation sites excluding steroid dienone is 6. The van der Waals surface area contributed by atoms with Crippen LogP contribution in [0.5, 0.6) is 0 Å². The van der Waals surface area contributed by atoms with E-state index in [1.165, 1.54) is 5.01 Å². The first-order valence-electron chi connectivity index (χ1n) is 10.3. The molecular weight excluding hydrogens is 428 g/mol. The monoisotopic (exact) mass is 453 g/mol. The number of aliphatic hydroxyl groups excluding tert-OH is 1. The molecule has 1 aliphatic carbocycles. The number of rotatable bonds is 7. The zero-order chi connectivity index (χ0) is 22.6. The first-order chi connectivity index (χ1) is 14.8. The van der Waals surface area contributed by atoms with E-state index in [4.69, 9.17) is 11.6 Å². The number of halogens is 3. The van der Waals surface area contributed by atoms with Crippen molar-refractivity contribution in [3.63, 3.8) is 0 Å². The molecule has 0 bridgehead atoms. The van der Waals surface area contributed by atoms with Gasteiger partial charge in [0.25, 0.3) is 11.8 Å². The van der Waals surface area contributed by atoms with Gasteiger partial charge >= 0.3 is 0 Å². The Labute approximate surface area is 185 Å². The highest BCUT2D eigenvalue weighted by atomic mass is 35.5. The normalized spacial score (nSPS) is 25.1. The summed E-state index contributed by atoms with van der Waals surface area (Å²) in [5, 5.41) is 17.5. The van der Waals surface area contributed by atoms with E-state index in [0.29, 0.717) is 36.5 Å². The van der Waals surface area contributed by atoms with Crippen molar-refractivity contribution in [1.82, 2.24) is 15.3 Å². The van der Waals surface area contributed by atoms with E-state index < -0.39 is 23.2 Å². The molecule has 1 atom stereocenters. The Bertz CT molecular complexity index is 910. The lowest BCUT2D eigenvalue weighted by Gasteiger charge is -2.46. The summed E-state index contributed by atoms with van der Waals surface area (Å²) in [6, 6.07) is 0. The van der Waals surface area contributed by atoms with E-state index in [2.05, 4.69) is 5.32 Å². The molecule has 31 heavy (non-hydrogen) atoms. The van der Waals surface area contributed by atoms with Crippen LogP contribution in [0.25, 0.3) is 0 Å². The molecule has 6 nitrogen and oxygen atoms in total. The number of carbonyl (C=O) groups is 2. The highest BCUT2D eigenvalue weighted by Gasteiger charge is 2.52. The number of carbonyl (C=O) groups excluding carboxylic acids is 2. The lowest BCUT2D eigenvalue weighted by molar-refractivity contribution is -0.157. The molecule has 1 saturated heterocycles. The number of aliphatic hydroxyl groups is 1. The van der Waals surface area contributed by atoms with Crippen molar-refractivity contribution >= 4 is 23.4 Å². The van der Waals surface area contributed by atoms with Gasteiger partial charge in [-0.3, -0.25) is 14.6 Å². The van der Waals surface area contributed by atoms with Gasteiger partial charge < -0.3 is 10.4 Å². The molecule has 3 rings (SSSR count). The van der Waals surface area contributed by atoms with Crippen LogP contribution < -0.4 is 5.32 Å². The average molecular weight is 454 g/mol. The Morgan fingerprint density at radius 1 is 1.35 bits per heavy atom. The van der Waals surface area contributed by atoms with E-state index in [1.54, 1.807) is 36.2 Å². The second kappa shape index (κ2) is 9.78. The molecule has 0 aromatic carbocycles. The minimum atomic E-state index is -0.859. The molecule has 2 N–H and O–H groups in total. The van der Waals surface area contributed by atoms with Crippen molar-refractivity contribution in [1.29, 1.82) is 0 Å². The van der Waals surface area contributed by atoms with Gasteiger partial charge in [-0.25, -0.2) is 13.8 Å². The maximum Gasteiger partial charge on any atom is 0.277 e. The summed E-state index contributed by atoms with van der Waals surface area (Å²) < 4.78 is 25.0. The summed E-state index contributed by atoms with van der Waals surface area (Å²) in [6.07, 6.45) is 9.33. The van der Waals surface area contributed by atoms with Crippen LogP contribution in [-0.2, 0) is 9.59 Å². The van der Waals surface area contributed by atoms with Crippen LogP contribution in [-0.4, -0.2) is 45.6 Å². The second-order valence-corrected chi connectivity index (χ2v) is 8.42. The van der Waals surface area contributed by atoms with Gasteiger partial charge in [0.2, 0.25) is 0 Å². The predicted octanol–water partition coefficient (Wildman–Crippen LogP) is 4.44. The number of fused-ring (bicyclic) bond motifs is 1. The minimum Gasteiger partial charge on any atom is -0.509 e. The molecule has 0 saturated carbocycles. The van der Waals surface area contributed by atoms with Gasteiger partial charge in [0.05, 0.1) is 12.1 Å². The highest BCUT2D eigenvalue weighted by molar-refractivity contribution is 6.29. The quantitative estimate of drug-likeness (QED) is 0.441. The molecule has 2 amide bonds. The second-order valence-electron chi connectivity index (χ2n) is 7.94. The Balaban J connectivity index is 1.79. The fraction of sp³-hybridized carbons (Fsp3) is 0.455. The van der Waals surface area contributed by atoms with Crippen molar-refractivity contribution in [2.24, 2.45) is 0 Å². The minimum absolute atomic E-state index is 0.0652. The van der Waals surface area contributed by atoms with Crippen LogP contribution in [0.3, 0.4) is 0 Å². The summed E-state index contributed by atoms with van der Waals surface area (Å²) in [6.45, 7) is 2.51. The summed E-state index contributed by atoms with van der Waals surface area (Å²) in [5.41, 5.74) is -0.514. The standard InChI is InChI=1S/C22H26ClF2N3O3/c1-22-11-5-13-28(22)27(12-4-2-3-6-16(25)14-24)21(31)18(19(22)29)20(30)26-17-9-7-15(23)8-10-17/h2,4,7,9,14,29H,3,5-6,8,10-13H2,1H3,(H,26,30)/b4-2+,16-14-. The van der Waals surface area contributed by atoms with Gasteiger partial charge in [-0.1, -0.05) is 23.8 Å². The fourth-order valence-electron chi connectivity index (χ4n) is 4.06. The van der Waals surface area contributed by atoms with Crippen molar-refractivity contribution in [3.8, 4) is 0 Å². The van der Waals surface area contributed by atoms with Gasteiger partial charge in [0.1, 0.15) is 23.5 Å². The van der Waals surface area contributed by atoms with Gasteiger partial charge in [-0.2, -0.15) is 0 Å². The van der Waals surface area contributed by atoms with Crippen molar-refractivity contribution < 1.29 is 23.5 Å². The Morgan fingerprint density at radius 2 is 2.13 bits per heavy atom. The zero-order valence-electron chi connectivity index (χ0n) is 17.3. The van der Waals surface area contributed by atoms with Crippen molar-refractivity contribution in [3.05, 3.63) is 58.5 Å². The smallest absolute Gasteiger partial charge is 0.277 e. The van der Waals surface area contributed by atoms with Gasteiger partial charge in [0.15, 0.2) is 0 Å². The van der Waals surface area contributed by atoms with Crippen molar-refractivity contribution in [2.75, 3.05) is 13.1 Å². The number of hydrogen-bond donors (Lipinski definition) is 2. The first kappa shape index (κ1) is 23.2. The summed E-state index contributed by atoms with van der Waals surface area (Å²) in [7, 11) is 0. The predicted molar refractivity (Wildman–Crippen MR) is 114 cm³/mol. The van der Waals surface area contributed by atoms with E-state index >= 15 is 0 Å². The molecule has 3 aliphatic rings. The van der Waals surface area contributed by atoms with Crippen LogP contribution in [0.15, 0.2) is 58.5 Å². The van der Waals surface area contributed by atoms with Crippen LogP contribution in [0.4, 0.5) is 8.78 Å². The maximum atomic E-state index is 13.2. The number of nitrogens with one attached hydrogen (secondary N) is 1. The van der Waals surface area contributed by atoms with Gasteiger partial charge in [0, 0.05) is 23.7 Å². The number of nitrogens with zero attached hydrogens (tertiary/aromatic N) is 2. The van der Waals surface area contributed by atoms with Crippen molar-refractivity contribution in [2.45, 2.75) is 51.0 Å². The molecule has 0 radical (unpaired) electrons. The topological polar surface area (TPSA) is 72.9 Å². The Morgan fingerprint density at radius 3 is 2.81 bits per heavy atom. The summed E-state index contributed by atoms with van der Waals surface area (Å²) in [5.74, 6) is -2.32.